The van der Waals surface area contributed by atoms with Gasteiger partial charge in [0.15, 0.2) is 17.5 Å². The summed E-state index contributed by atoms with van der Waals surface area (Å²) in [6.07, 6.45) is 0. The van der Waals surface area contributed by atoms with Crippen molar-refractivity contribution in [1.82, 2.24) is 15.0 Å². The van der Waals surface area contributed by atoms with E-state index in [1.807, 2.05) is 29.5 Å². The minimum absolute atomic E-state index is 0.518. The van der Waals surface area contributed by atoms with Crippen molar-refractivity contribution in [2.45, 2.75) is 10.8 Å². The van der Waals surface area contributed by atoms with Crippen molar-refractivity contribution in [2.75, 3.05) is 0 Å². The Morgan fingerprint density at radius 1 is 0.274 bits per heavy atom. The van der Waals surface area contributed by atoms with Gasteiger partial charge < -0.3 is 0 Å². The number of aromatic nitrogens is 3. The summed E-state index contributed by atoms with van der Waals surface area (Å²) in [5.41, 5.74) is 19.8. The molecular formula is C69H41N3S. The second-order valence-corrected chi connectivity index (χ2v) is 20.7. The molecule has 0 amide bonds. The standard InChI is InChI=1S/C69H41N3S/c1-2-19-43(20-3-1)65-70-66(72-67(71-65)52-28-17-21-42-18-4-5-24-47(42)52)46-23-16-22-44(40-46)45-36-37-53-61(41-45)69(60-39-38-51-50-27-8-15-35-62(50)73-64(51)63(53)60)58-33-13-11-31-56(58)68(57-32-12-14-34-59(57)69)54-29-9-6-25-48(54)49-26-7-10-30-55(49)68/h1-41H. The Bertz CT molecular complexity index is 4370. The SMILES string of the molecule is c1ccc(-c2nc(-c3cccc(-c4ccc5c(c4)C4(c6ccccc6C6(c7ccccc7-c7ccccc76)c6ccccc64)c4ccc6c(sc7ccccc76)c4-5)c3)nc(-c3cccc4ccccc34)n2)cc1. The van der Waals surface area contributed by atoms with E-state index in [1.165, 1.54) is 86.9 Å². The van der Waals surface area contributed by atoms with E-state index in [0.29, 0.717) is 17.5 Å². The van der Waals surface area contributed by atoms with E-state index in [1.54, 1.807) is 0 Å². The molecule has 13 aromatic rings. The van der Waals surface area contributed by atoms with Crippen LogP contribution >= 0.6 is 11.3 Å². The molecule has 0 fully saturated rings. The summed E-state index contributed by atoms with van der Waals surface area (Å²) >= 11 is 1.92. The van der Waals surface area contributed by atoms with Gasteiger partial charge in [0.2, 0.25) is 0 Å². The van der Waals surface area contributed by atoms with Crippen LogP contribution in [0.1, 0.15) is 44.5 Å². The predicted octanol–water partition coefficient (Wildman–Crippen LogP) is 17.1. The van der Waals surface area contributed by atoms with Crippen LogP contribution in [-0.4, -0.2) is 15.0 Å². The lowest BCUT2D eigenvalue weighted by molar-refractivity contribution is 0.633. The van der Waals surface area contributed by atoms with E-state index in [0.717, 1.165) is 38.6 Å². The average molecular weight is 944 g/mol. The summed E-state index contributed by atoms with van der Waals surface area (Å²) in [4.78, 5) is 15.6. The van der Waals surface area contributed by atoms with Crippen molar-refractivity contribution in [3.63, 3.8) is 0 Å². The molecule has 3 nitrogen and oxygen atoms in total. The lowest BCUT2D eigenvalue weighted by atomic mass is 9.52. The second-order valence-electron chi connectivity index (χ2n) is 19.7. The Morgan fingerprint density at radius 3 is 1.51 bits per heavy atom. The fourth-order valence-corrected chi connectivity index (χ4v) is 14.6. The first-order chi connectivity index (χ1) is 36.2. The van der Waals surface area contributed by atoms with Crippen LogP contribution < -0.4 is 0 Å². The Hall–Kier alpha value is -9.09. The third-order valence-electron chi connectivity index (χ3n) is 16.2. The summed E-state index contributed by atoms with van der Waals surface area (Å²) in [5, 5.41) is 4.86. The van der Waals surface area contributed by atoms with Crippen LogP contribution in [0.5, 0.6) is 0 Å². The highest BCUT2D eigenvalue weighted by molar-refractivity contribution is 7.26. The van der Waals surface area contributed by atoms with Crippen LogP contribution in [0.25, 0.3) is 98.5 Å². The summed E-state index contributed by atoms with van der Waals surface area (Å²) < 4.78 is 2.64. The monoisotopic (exact) mass is 943 g/mol. The number of thiophene rings is 1. The summed E-state index contributed by atoms with van der Waals surface area (Å²) in [7, 11) is 0. The van der Waals surface area contributed by atoms with Crippen molar-refractivity contribution in [3.8, 4) is 67.5 Å². The molecule has 0 saturated carbocycles. The second kappa shape index (κ2) is 15.2. The van der Waals surface area contributed by atoms with Gasteiger partial charge in [-0.25, -0.2) is 15.0 Å². The van der Waals surface area contributed by atoms with Crippen LogP contribution in [0.15, 0.2) is 249 Å². The normalized spacial score (nSPS) is 14.0. The van der Waals surface area contributed by atoms with Crippen molar-refractivity contribution in [1.29, 1.82) is 0 Å². The number of rotatable bonds is 4. The first-order valence-electron chi connectivity index (χ1n) is 25.1. The number of hydrogen-bond donors (Lipinski definition) is 0. The van der Waals surface area contributed by atoms with Gasteiger partial charge in [-0.15, -0.1) is 11.3 Å². The van der Waals surface area contributed by atoms with Gasteiger partial charge >= 0.3 is 0 Å². The molecule has 2 aromatic heterocycles. The van der Waals surface area contributed by atoms with E-state index >= 15 is 0 Å². The minimum atomic E-state index is -0.639. The summed E-state index contributed by atoms with van der Waals surface area (Å²) in [6, 6.07) is 91.9. The number of fused-ring (bicyclic) bond motifs is 21. The number of benzene rings is 11. The highest BCUT2D eigenvalue weighted by Crippen LogP contribution is 2.68. The maximum atomic E-state index is 5.28. The van der Waals surface area contributed by atoms with Gasteiger partial charge in [-0.2, -0.15) is 0 Å². The molecule has 0 saturated heterocycles. The van der Waals surface area contributed by atoms with Crippen LogP contribution in [0, 0.1) is 0 Å². The first kappa shape index (κ1) is 40.6. The van der Waals surface area contributed by atoms with Crippen LogP contribution in [0.2, 0.25) is 0 Å². The third-order valence-corrected chi connectivity index (χ3v) is 17.4. The van der Waals surface area contributed by atoms with Gasteiger partial charge in [0.25, 0.3) is 0 Å². The van der Waals surface area contributed by atoms with E-state index in [9.17, 15) is 0 Å². The lowest BCUT2D eigenvalue weighted by Gasteiger charge is -2.48. The highest BCUT2D eigenvalue weighted by atomic mass is 32.1. The number of hydrogen-bond acceptors (Lipinski definition) is 4. The van der Waals surface area contributed by atoms with Crippen LogP contribution in [0.3, 0.4) is 0 Å². The molecule has 338 valence electrons. The largest absolute Gasteiger partial charge is 0.208 e. The van der Waals surface area contributed by atoms with Gasteiger partial charge in [-0.1, -0.05) is 231 Å². The van der Waals surface area contributed by atoms with Gasteiger partial charge in [0.1, 0.15) is 0 Å². The molecule has 73 heavy (non-hydrogen) atoms. The fourth-order valence-electron chi connectivity index (χ4n) is 13.3. The predicted molar refractivity (Wildman–Crippen MR) is 300 cm³/mol. The quantitative estimate of drug-likeness (QED) is 0.176. The first-order valence-corrected chi connectivity index (χ1v) is 25.9. The van der Waals surface area contributed by atoms with Gasteiger partial charge in [-0.05, 0) is 101 Å². The Labute approximate surface area is 426 Å². The van der Waals surface area contributed by atoms with Crippen molar-refractivity contribution in [2.24, 2.45) is 0 Å². The Morgan fingerprint density at radius 2 is 0.781 bits per heavy atom. The lowest BCUT2D eigenvalue weighted by Crippen LogP contribution is -2.43. The van der Waals surface area contributed by atoms with Crippen molar-refractivity contribution in [3.05, 3.63) is 293 Å². The van der Waals surface area contributed by atoms with Crippen LogP contribution in [-0.2, 0) is 10.8 Å². The van der Waals surface area contributed by atoms with Gasteiger partial charge in [0.05, 0.1) is 10.8 Å². The molecule has 2 spiro atoms. The molecule has 4 heteroatoms. The zero-order valence-electron chi connectivity index (χ0n) is 39.4. The Balaban J connectivity index is 0.952. The smallest absolute Gasteiger partial charge is 0.164 e. The zero-order chi connectivity index (χ0) is 47.8. The Kier molecular flexibility index (Phi) is 8.46. The summed E-state index contributed by atoms with van der Waals surface area (Å²) in [6.45, 7) is 0. The molecule has 3 aliphatic carbocycles. The molecule has 2 heterocycles. The van der Waals surface area contributed by atoms with Gasteiger partial charge in [-0.3, -0.25) is 0 Å². The van der Waals surface area contributed by atoms with Gasteiger partial charge in [0, 0.05) is 42.4 Å². The van der Waals surface area contributed by atoms with E-state index < -0.39 is 10.8 Å². The molecule has 3 aliphatic rings. The maximum absolute atomic E-state index is 5.28. The average Bonchev–Trinajstić information content (AvgIpc) is 4.10. The molecule has 0 atom stereocenters. The van der Waals surface area contributed by atoms with Crippen LogP contribution in [0.4, 0.5) is 0 Å². The molecule has 0 unspecified atom stereocenters. The fraction of sp³-hybridized carbons (Fsp3) is 0.0290. The van der Waals surface area contributed by atoms with E-state index in [2.05, 4.69) is 231 Å². The highest BCUT2D eigenvalue weighted by Gasteiger charge is 2.59. The molecule has 0 bridgehead atoms. The molecule has 0 aliphatic heterocycles. The minimum Gasteiger partial charge on any atom is -0.208 e. The van der Waals surface area contributed by atoms with Crippen molar-refractivity contribution >= 4 is 42.3 Å². The molecular weight excluding hydrogens is 903 g/mol. The maximum Gasteiger partial charge on any atom is 0.164 e. The molecule has 11 aromatic carbocycles. The zero-order valence-corrected chi connectivity index (χ0v) is 40.2. The molecule has 0 radical (unpaired) electrons. The van der Waals surface area contributed by atoms with E-state index in [-0.39, 0.29) is 0 Å². The topological polar surface area (TPSA) is 38.7 Å². The number of nitrogens with zero attached hydrogens (tertiary/aromatic N) is 3. The van der Waals surface area contributed by atoms with Crippen molar-refractivity contribution < 1.29 is 0 Å². The summed E-state index contributed by atoms with van der Waals surface area (Å²) in [5.74, 6) is 1.92. The molecule has 0 N–H and O–H groups in total. The van der Waals surface area contributed by atoms with E-state index in [4.69, 9.17) is 15.0 Å². The molecule has 16 rings (SSSR count). The third kappa shape index (κ3) is 5.45.